The predicted molar refractivity (Wildman–Crippen MR) is 85.9 cm³/mol. The van der Waals surface area contributed by atoms with E-state index in [9.17, 15) is 0 Å². The predicted octanol–water partition coefficient (Wildman–Crippen LogP) is 3.50. The number of nitrogen functional groups attached to an aromatic ring is 1. The van der Waals surface area contributed by atoms with Crippen LogP contribution < -0.4 is 16.6 Å². The van der Waals surface area contributed by atoms with Gasteiger partial charge in [0.1, 0.15) is 0 Å². The van der Waals surface area contributed by atoms with Crippen LogP contribution in [-0.4, -0.2) is 4.98 Å². The molecule has 0 aliphatic carbocycles. The molecule has 0 saturated heterocycles. The van der Waals surface area contributed by atoms with Gasteiger partial charge in [0.05, 0.1) is 10.2 Å². The van der Waals surface area contributed by atoms with Crippen molar-refractivity contribution in [1.29, 1.82) is 0 Å². The van der Waals surface area contributed by atoms with Gasteiger partial charge in [0.25, 0.3) is 0 Å². The van der Waals surface area contributed by atoms with E-state index in [-0.39, 0.29) is 0 Å². The van der Waals surface area contributed by atoms with Crippen molar-refractivity contribution in [2.24, 2.45) is 5.84 Å². The maximum absolute atomic E-state index is 5.38. The third-order valence-electron chi connectivity index (χ3n) is 3.13. The van der Waals surface area contributed by atoms with E-state index >= 15 is 0 Å². The largest absolute Gasteiger partial charge is 0.381 e. The number of hydrogen-bond acceptors (Lipinski definition) is 5. The lowest BCUT2D eigenvalue weighted by molar-refractivity contribution is 1.15. The molecular formula is C15H16N4S. The topological polar surface area (TPSA) is 63.0 Å². The molecule has 102 valence electrons. The molecule has 0 fully saturated rings. The number of hydrazine groups is 1. The van der Waals surface area contributed by atoms with Gasteiger partial charge in [0.15, 0.2) is 5.13 Å². The molecule has 0 bridgehead atoms. The van der Waals surface area contributed by atoms with Gasteiger partial charge in [-0.25, -0.2) is 10.8 Å². The number of nitrogens with zero attached hydrogens (tertiary/aromatic N) is 1. The minimum absolute atomic E-state index is 0.732. The zero-order valence-corrected chi connectivity index (χ0v) is 12.0. The summed E-state index contributed by atoms with van der Waals surface area (Å²) in [6.45, 7) is 2.91. The molecule has 0 radical (unpaired) electrons. The lowest BCUT2D eigenvalue weighted by Crippen LogP contribution is -2.05. The van der Waals surface area contributed by atoms with E-state index < -0.39 is 0 Å². The molecule has 4 N–H and O–H groups in total. The third-order valence-corrected chi connectivity index (χ3v) is 4.08. The van der Waals surface area contributed by atoms with Gasteiger partial charge in [0, 0.05) is 12.2 Å². The first-order valence-electron chi connectivity index (χ1n) is 6.41. The number of nitrogens with one attached hydrogen (secondary N) is 2. The van der Waals surface area contributed by atoms with Crippen LogP contribution in [0.15, 0.2) is 42.5 Å². The van der Waals surface area contributed by atoms with Crippen LogP contribution in [0.4, 0.5) is 10.8 Å². The summed E-state index contributed by atoms with van der Waals surface area (Å²) in [6.07, 6.45) is 0. The van der Waals surface area contributed by atoms with Crippen LogP contribution in [0.5, 0.6) is 0 Å². The van der Waals surface area contributed by atoms with E-state index in [1.54, 1.807) is 11.3 Å². The van der Waals surface area contributed by atoms with Gasteiger partial charge >= 0.3 is 0 Å². The summed E-state index contributed by atoms with van der Waals surface area (Å²) in [5.41, 5.74) is 7.18. The summed E-state index contributed by atoms with van der Waals surface area (Å²) in [6, 6.07) is 14.7. The smallest absolute Gasteiger partial charge is 0.198 e. The van der Waals surface area contributed by atoms with Crippen molar-refractivity contribution >= 4 is 32.4 Å². The van der Waals surface area contributed by atoms with Crippen molar-refractivity contribution in [2.45, 2.75) is 13.5 Å². The maximum atomic E-state index is 5.38. The SMILES string of the molecule is Cc1ccc(CNc2ccc3nc(NN)sc3c2)cc1. The van der Waals surface area contributed by atoms with Crippen molar-refractivity contribution < 1.29 is 0 Å². The molecule has 1 aromatic heterocycles. The second-order valence-corrected chi connectivity index (χ2v) is 5.72. The van der Waals surface area contributed by atoms with E-state index in [1.165, 1.54) is 11.1 Å². The lowest BCUT2D eigenvalue weighted by Gasteiger charge is -2.06. The fourth-order valence-electron chi connectivity index (χ4n) is 2.01. The molecule has 1 heterocycles. The molecule has 0 aliphatic rings. The molecule has 0 atom stereocenters. The molecule has 0 amide bonds. The average molecular weight is 284 g/mol. The van der Waals surface area contributed by atoms with Crippen molar-refractivity contribution in [3.8, 4) is 0 Å². The highest BCUT2D eigenvalue weighted by molar-refractivity contribution is 7.22. The molecule has 3 rings (SSSR count). The number of fused-ring (bicyclic) bond motifs is 1. The number of thiazole rings is 1. The molecule has 0 spiro atoms. The first-order chi connectivity index (χ1) is 9.74. The molecule has 0 saturated carbocycles. The minimum atomic E-state index is 0.732. The summed E-state index contributed by atoms with van der Waals surface area (Å²) in [5, 5.41) is 4.16. The Bertz CT molecular complexity index is 718. The number of nitrogens with two attached hydrogens (primary N) is 1. The molecule has 4 nitrogen and oxygen atoms in total. The van der Waals surface area contributed by atoms with Crippen LogP contribution >= 0.6 is 11.3 Å². The summed E-state index contributed by atoms with van der Waals surface area (Å²) >= 11 is 1.55. The molecule has 5 heteroatoms. The van der Waals surface area contributed by atoms with Crippen LogP contribution in [0.2, 0.25) is 0 Å². The monoisotopic (exact) mass is 284 g/mol. The highest BCUT2D eigenvalue weighted by atomic mass is 32.1. The van der Waals surface area contributed by atoms with Gasteiger partial charge in [-0.05, 0) is 30.7 Å². The van der Waals surface area contributed by atoms with Gasteiger partial charge in [-0.3, -0.25) is 5.43 Å². The van der Waals surface area contributed by atoms with Crippen molar-refractivity contribution in [3.05, 3.63) is 53.6 Å². The van der Waals surface area contributed by atoms with Crippen molar-refractivity contribution in [3.63, 3.8) is 0 Å². The summed E-state index contributed by atoms with van der Waals surface area (Å²) in [5.74, 6) is 5.38. The van der Waals surface area contributed by atoms with Gasteiger partial charge in [0.2, 0.25) is 0 Å². The Morgan fingerprint density at radius 2 is 1.95 bits per heavy atom. The Kier molecular flexibility index (Phi) is 3.54. The molecular weight excluding hydrogens is 268 g/mol. The van der Waals surface area contributed by atoms with E-state index in [1.807, 2.05) is 12.1 Å². The minimum Gasteiger partial charge on any atom is -0.381 e. The van der Waals surface area contributed by atoms with E-state index in [0.717, 1.165) is 27.6 Å². The molecule has 0 unspecified atom stereocenters. The lowest BCUT2D eigenvalue weighted by atomic mass is 10.1. The normalized spacial score (nSPS) is 10.7. The first kappa shape index (κ1) is 12.9. The van der Waals surface area contributed by atoms with E-state index in [0.29, 0.717) is 0 Å². The van der Waals surface area contributed by atoms with E-state index in [2.05, 4.69) is 53.0 Å². The molecule has 3 aromatic rings. The highest BCUT2D eigenvalue weighted by Crippen LogP contribution is 2.27. The first-order valence-corrected chi connectivity index (χ1v) is 7.23. The summed E-state index contributed by atoms with van der Waals surface area (Å²) < 4.78 is 1.12. The Labute approximate surface area is 121 Å². The zero-order valence-electron chi connectivity index (χ0n) is 11.2. The van der Waals surface area contributed by atoms with Crippen LogP contribution in [0.25, 0.3) is 10.2 Å². The number of rotatable bonds is 4. The van der Waals surface area contributed by atoms with Crippen LogP contribution in [-0.2, 0) is 6.54 Å². The summed E-state index contributed by atoms with van der Waals surface area (Å²) in [4.78, 5) is 4.35. The maximum Gasteiger partial charge on any atom is 0.198 e. The third kappa shape index (κ3) is 2.74. The molecule has 20 heavy (non-hydrogen) atoms. The molecule has 0 aliphatic heterocycles. The standard InChI is InChI=1S/C15H16N4S/c1-10-2-4-11(5-3-10)9-17-12-6-7-13-14(8-12)20-15(18-13)19-16/h2-8,17H,9,16H2,1H3,(H,18,19). The molecule has 2 aromatic carbocycles. The van der Waals surface area contributed by atoms with Crippen LogP contribution in [0.3, 0.4) is 0 Å². The second-order valence-electron chi connectivity index (χ2n) is 4.69. The Hall–Kier alpha value is -2.11. The fraction of sp³-hybridized carbons (Fsp3) is 0.133. The van der Waals surface area contributed by atoms with Gasteiger partial charge in [-0.15, -0.1) is 0 Å². The van der Waals surface area contributed by atoms with E-state index in [4.69, 9.17) is 5.84 Å². The van der Waals surface area contributed by atoms with Gasteiger partial charge in [-0.2, -0.15) is 0 Å². The number of anilines is 2. The highest BCUT2D eigenvalue weighted by Gasteiger charge is 2.03. The van der Waals surface area contributed by atoms with Gasteiger partial charge < -0.3 is 5.32 Å². The van der Waals surface area contributed by atoms with Crippen LogP contribution in [0.1, 0.15) is 11.1 Å². The average Bonchev–Trinajstić information content (AvgIpc) is 2.89. The van der Waals surface area contributed by atoms with Crippen LogP contribution in [0, 0.1) is 6.92 Å². The van der Waals surface area contributed by atoms with Crippen molar-refractivity contribution in [2.75, 3.05) is 10.7 Å². The van der Waals surface area contributed by atoms with Crippen molar-refractivity contribution in [1.82, 2.24) is 4.98 Å². The van der Waals surface area contributed by atoms with Gasteiger partial charge in [-0.1, -0.05) is 41.2 Å². The Morgan fingerprint density at radius 3 is 2.70 bits per heavy atom. The second kappa shape index (κ2) is 5.48. The number of benzene rings is 2. The quantitative estimate of drug-likeness (QED) is 0.507. The Balaban J connectivity index is 1.75. The zero-order chi connectivity index (χ0) is 13.9. The summed E-state index contributed by atoms with van der Waals surface area (Å²) in [7, 11) is 0. The number of aromatic nitrogens is 1. The number of aryl methyl sites for hydroxylation is 1. The number of hydrogen-bond donors (Lipinski definition) is 3. The fourth-order valence-corrected chi connectivity index (χ4v) is 2.82. The Morgan fingerprint density at radius 1 is 1.15 bits per heavy atom.